The van der Waals surface area contributed by atoms with Crippen molar-refractivity contribution in [3.05, 3.63) is 28.8 Å². The summed E-state index contributed by atoms with van der Waals surface area (Å²) in [7, 11) is 0. The number of carbonyl (C=O) groups is 1. The first-order chi connectivity index (χ1) is 8.54. The molecule has 0 saturated carbocycles. The van der Waals surface area contributed by atoms with Crippen LogP contribution in [0.4, 0.5) is 5.69 Å². The van der Waals surface area contributed by atoms with E-state index in [4.69, 9.17) is 5.73 Å². The van der Waals surface area contributed by atoms with Gasteiger partial charge < -0.3 is 15.7 Å². The van der Waals surface area contributed by atoms with Gasteiger partial charge in [0.1, 0.15) is 0 Å². The summed E-state index contributed by atoms with van der Waals surface area (Å²) in [5.74, 6) is -0.0178. The van der Waals surface area contributed by atoms with Crippen molar-refractivity contribution in [3.63, 3.8) is 0 Å². The quantitative estimate of drug-likeness (QED) is 0.779. The highest BCUT2D eigenvalue weighted by Crippen LogP contribution is 2.24. The second-order valence-corrected chi connectivity index (χ2v) is 5.00. The van der Waals surface area contributed by atoms with Crippen LogP contribution in [0.25, 0.3) is 0 Å². The standard InChI is InChI=1S/C14H20N2O2/c1-9-6-10(2)13(15)7-12(9)14(18)16-5-3-4-11(16)8-17/h6-7,11,17H,3-5,8,15H2,1-2H3. The molecule has 1 aromatic rings. The summed E-state index contributed by atoms with van der Waals surface area (Å²) in [6.07, 6.45) is 1.83. The number of aliphatic hydroxyl groups excluding tert-OH is 1. The van der Waals surface area contributed by atoms with Gasteiger partial charge in [-0.15, -0.1) is 0 Å². The number of benzene rings is 1. The topological polar surface area (TPSA) is 66.6 Å². The molecule has 4 heteroatoms. The van der Waals surface area contributed by atoms with Gasteiger partial charge in [0.15, 0.2) is 0 Å². The number of anilines is 1. The molecular formula is C14H20N2O2. The van der Waals surface area contributed by atoms with E-state index < -0.39 is 0 Å². The van der Waals surface area contributed by atoms with Crippen LogP contribution in [0.5, 0.6) is 0 Å². The number of aryl methyl sites for hydroxylation is 2. The number of nitrogens with zero attached hydrogens (tertiary/aromatic N) is 1. The molecule has 2 rings (SSSR count). The summed E-state index contributed by atoms with van der Waals surface area (Å²) >= 11 is 0. The molecule has 1 aliphatic heterocycles. The molecule has 0 aliphatic carbocycles. The Morgan fingerprint density at radius 1 is 1.44 bits per heavy atom. The fourth-order valence-corrected chi connectivity index (χ4v) is 2.55. The van der Waals surface area contributed by atoms with Gasteiger partial charge in [-0.25, -0.2) is 0 Å². The van der Waals surface area contributed by atoms with Crippen molar-refractivity contribution in [1.29, 1.82) is 0 Å². The number of hydrogen-bond donors (Lipinski definition) is 2. The van der Waals surface area contributed by atoms with Crippen LogP contribution in [0.2, 0.25) is 0 Å². The number of rotatable bonds is 2. The molecular weight excluding hydrogens is 228 g/mol. The zero-order chi connectivity index (χ0) is 13.3. The first kappa shape index (κ1) is 12.9. The number of carbonyl (C=O) groups excluding carboxylic acids is 1. The molecule has 1 amide bonds. The van der Waals surface area contributed by atoms with E-state index in [1.165, 1.54) is 0 Å². The Morgan fingerprint density at radius 3 is 2.83 bits per heavy atom. The molecule has 1 aromatic carbocycles. The SMILES string of the molecule is Cc1cc(C)c(C(=O)N2CCCC2CO)cc1N. The summed E-state index contributed by atoms with van der Waals surface area (Å²) in [5.41, 5.74) is 9.10. The maximum atomic E-state index is 12.5. The molecule has 3 N–H and O–H groups in total. The lowest BCUT2D eigenvalue weighted by Crippen LogP contribution is -2.38. The van der Waals surface area contributed by atoms with E-state index in [2.05, 4.69) is 0 Å². The Balaban J connectivity index is 2.31. The number of nitrogen functional groups attached to an aromatic ring is 1. The summed E-state index contributed by atoms with van der Waals surface area (Å²) in [4.78, 5) is 14.2. The van der Waals surface area contributed by atoms with E-state index in [1.807, 2.05) is 19.9 Å². The van der Waals surface area contributed by atoms with Crippen LogP contribution in [0.3, 0.4) is 0 Å². The Morgan fingerprint density at radius 2 is 2.17 bits per heavy atom. The van der Waals surface area contributed by atoms with Crippen LogP contribution in [0.1, 0.15) is 34.3 Å². The lowest BCUT2D eigenvalue weighted by atomic mass is 10.0. The van der Waals surface area contributed by atoms with Crippen molar-refractivity contribution in [1.82, 2.24) is 4.90 Å². The van der Waals surface area contributed by atoms with Crippen LogP contribution < -0.4 is 5.73 Å². The van der Waals surface area contributed by atoms with Gasteiger partial charge in [0, 0.05) is 17.8 Å². The second-order valence-electron chi connectivity index (χ2n) is 5.00. The molecule has 0 bridgehead atoms. The summed E-state index contributed by atoms with van der Waals surface area (Å²) in [6.45, 7) is 4.61. The molecule has 0 radical (unpaired) electrons. The smallest absolute Gasteiger partial charge is 0.254 e. The minimum atomic E-state index is -0.0422. The maximum absolute atomic E-state index is 12.5. The lowest BCUT2D eigenvalue weighted by Gasteiger charge is -2.24. The Bertz CT molecular complexity index is 471. The minimum Gasteiger partial charge on any atom is -0.398 e. The third-order valence-electron chi connectivity index (χ3n) is 3.69. The fraction of sp³-hybridized carbons (Fsp3) is 0.500. The zero-order valence-electron chi connectivity index (χ0n) is 10.9. The van der Waals surface area contributed by atoms with Crippen molar-refractivity contribution in [2.75, 3.05) is 18.9 Å². The molecule has 18 heavy (non-hydrogen) atoms. The highest BCUT2D eigenvalue weighted by Gasteiger charge is 2.29. The van der Waals surface area contributed by atoms with Gasteiger partial charge >= 0.3 is 0 Å². The molecule has 98 valence electrons. The van der Waals surface area contributed by atoms with E-state index in [-0.39, 0.29) is 18.6 Å². The predicted octanol–water partition coefficient (Wildman–Crippen LogP) is 1.48. The zero-order valence-corrected chi connectivity index (χ0v) is 10.9. The normalized spacial score (nSPS) is 19.3. The van der Waals surface area contributed by atoms with Crippen LogP contribution in [-0.4, -0.2) is 35.1 Å². The third kappa shape index (κ3) is 2.20. The van der Waals surface area contributed by atoms with Gasteiger partial charge in [0.25, 0.3) is 5.91 Å². The summed E-state index contributed by atoms with van der Waals surface area (Å²) in [5, 5.41) is 9.28. The second kappa shape index (κ2) is 4.98. The van der Waals surface area contributed by atoms with Crippen molar-refractivity contribution < 1.29 is 9.90 Å². The average molecular weight is 248 g/mol. The Hall–Kier alpha value is -1.55. The highest BCUT2D eigenvalue weighted by atomic mass is 16.3. The van der Waals surface area contributed by atoms with Crippen LogP contribution in [0, 0.1) is 13.8 Å². The summed E-state index contributed by atoms with van der Waals surface area (Å²) < 4.78 is 0. The molecule has 1 saturated heterocycles. The van der Waals surface area contributed by atoms with Gasteiger partial charge in [-0.2, -0.15) is 0 Å². The van der Waals surface area contributed by atoms with E-state index in [9.17, 15) is 9.90 Å². The largest absolute Gasteiger partial charge is 0.398 e. The molecule has 4 nitrogen and oxygen atoms in total. The lowest BCUT2D eigenvalue weighted by molar-refractivity contribution is 0.0677. The monoisotopic (exact) mass is 248 g/mol. The predicted molar refractivity (Wildman–Crippen MR) is 71.5 cm³/mol. The molecule has 0 aromatic heterocycles. The van der Waals surface area contributed by atoms with Crippen molar-refractivity contribution in [2.24, 2.45) is 0 Å². The van der Waals surface area contributed by atoms with Crippen LogP contribution in [0.15, 0.2) is 12.1 Å². The number of hydrogen-bond acceptors (Lipinski definition) is 3. The Labute approximate surface area is 107 Å². The number of nitrogens with two attached hydrogens (primary N) is 1. The highest BCUT2D eigenvalue weighted by molar-refractivity contribution is 5.97. The van der Waals surface area contributed by atoms with E-state index in [0.717, 1.165) is 30.5 Å². The average Bonchev–Trinajstić information content (AvgIpc) is 2.81. The summed E-state index contributed by atoms with van der Waals surface area (Å²) in [6, 6.07) is 3.64. The fourth-order valence-electron chi connectivity index (χ4n) is 2.55. The maximum Gasteiger partial charge on any atom is 0.254 e. The van der Waals surface area contributed by atoms with Crippen LogP contribution >= 0.6 is 0 Å². The number of amides is 1. The molecule has 1 atom stereocenters. The van der Waals surface area contributed by atoms with Gasteiger partial charge in [-0.3, -0.25) is 4.79 Å². The van der Waals surface area contributed by atoms with Crippen molar-refractivity contribution in [2.45, 2.75) is 32.7 Å². The molecule has 1 heterocycles. The van der Waals surface area contributed by atoms with Gasteiger partial charge in [-0.05, 0) is 43.9 Å². The van der Waals surface area contributed by atoms with E-state index in [1.54, 1.807) is 11.0 Å². The van der Waals surface area contributed by atoms with Crippen LogP contribution in [-0.2, 0) is 0 Å². The molecule has 1 unspecified atom stereocenters. The van der Waals surface area contributed by atoms with Gasteiger partial charge in [-0.1, -0.05) is 6.07 Å². The number of aliphatic hydroxyl groups is 1. The van der Waals surface area contributed by atoms with Crippen molar-refractivity contribution >= 4 is 11.6 Å². The van der Waals surface area contributed by atoms with Gasteiger partial charge in [0.05, 0.1) is 12.6 Å². The van der Waals surface area contributed by atoms with E-state index in [0.29, 0.717) is 11.3 Å². The molecule has 1 fully saturated rings. The number of likely N-dealkylation sites (tertiary alicyclic amines) is 1. The first-order valence-electron chi connectivity index (χ1n) is 6.33. The first-order valence-corrected chi connectivity index (χ1v) is 6.33. The molecule has 0 spiro atoms. The minimum absolute atomic E-state index is 0.0178. The third-order valence-corrected chi connectivity index (χ3v) is 3.69. The Kier molecular flexibility index (Phi) is 3.57. The van der Waals surface area contributed by atoms with Crippen molar-refractivity contribution in [3.8, 4) is 0 Å². The molecule has 1 aliphatic rings. The van der Waals surface area contributed by atoms with E-state index >= 15 is 0 Å². The van der Waals surface area contributed by atoms with Gasteiger partial charge in [0.2, 0.25) is 0 Å².